The number of rotatable bonds is 8. The van der Waals surface area contributed by atoms with E-state index in [1.165, 1.54) is 11.1 Å². The van der Waals surface area contributed by atoms with Crippen LogP contribution in [0.3, 0.4) is 0 Å². The predicted octanol–water partition coefficient (Wildman–Crippen LogP) is 4.05. The van der Waals surface area contributed by atoms with E-state index < -0.39 is 0 Å². The molecule has 3 rings (SSSR count). The van der Waals surface area contributed by atoms with E-state index in [1.54, 1.807) is 7.11 Å². The van der Waals surface area contributed by atoms with Crippen molar-refractivity contribution in [1.82, 2.24) is 10.6 Å². The number of ether oxygens (including phenoxy) is 1. The van der Waals surface area contributed by atoms with Crippen LogP contribution in [-0.2, 0) is 17.8 Å². The maximum Gasteiger partial charge on any atom is 0.227 e. The molecule has 2 aromatic rings. The molecule has 6 nitrogen and oxygen atoms in total. The maximum absolute atomic E-state index is 11.9. The van der Waals surface area contributed by atoms with E-state index in [4.69, 9.17) is 9.73 Å². The first-order valence-corrected chi connectivity index (χ1v) is 10.7. The number of hydrogen-bond donors (Lipinski definition) is 2. The number of guanidine groups is 1. The fourth-order valence-electron chi connectivity index (χ4n) is 3.63. The zero-order valence-corrected chi connectivity index (χ0v) is 20.9. The van der Waals surface area contributed by atoms with Crippen LogP contribution in [-0.4, -0.2) is 38.6 Å². The number of benzene rings is 2. The van der Waals surface area contributed by atoms with Gasteiger partial charge in [0.2, 0.25) is 5.91 Å². The molecule has 7 heteroatoms. The molecule has 1 fully saturated rings. The summed E-state index contributed by atoms with van der Waals surface area (Å²) in [6, 6.07) is 14.4. The number of aryl methyl sites for hydroxylation is 1. The first-order valence-electron chi connectivity index (χ1n) is 10.7. The van der Waals surface area contributed by atoms with Crippen molar-refractivity contribution in [2.45, 2.75) is 39.7 Å². The summed E-state index contributed by atoms with van der Waals surface area (Å²) in [5, 5.41) is 6.70. The quantitative estimate of drug-likeness (QED) is 0.304. The molecule has 0 spiro atoms. The SMILES string of the molecule is CCNC(=NCc1ccc(N2CCCC2=O)cc1)NCCc1cc(C)ccc1OC.I. The summed E-state index contributed by atoms with van der Waals surface area (Å²) >= 11 is 0. The van der Waals surface area contributed by atoms with Crippen molar-refractivity contribution in [2.24, 2.45) is 4.99 Å². The summed E-state index contributed by atoms with van der Waals surface area (Å²) in [4.78, 5) is 18.4. The van der Waals surface area contributed by atoms with Crippen molar-refractivity contribution in [1.29, 1.82) is 0 Å². The van der Waals surface area contributed by atoms with Gasteiger partial charge in [0.1, 0.15) is 5.75 Å². The molecule has 31 heavy (non-hydrogen) atoms. The standard InChI is InChI=1S/C24H32N4O2.HI/c1-4-25-24(26-14-13-20-16-18(2)7-12-22(20)30-3)27-17-19-8-10-21(11-9-19)28-15-5-6-23(28)29;/h7-12,16H,4-6,13-15,17H2,1-3H3,(H2,25,26,27);1H. The van der Waals surface area contributed by atoms with Gasteiger partial charge in [-0.25, -0.2) is 4.99 Å². The molecule has 0 aromatic heterocycles. The van der Waals surface area contributed by atoms with Gasteiger partial charge in [0.15, 0.2) is 5.96 Å². The summed E-state index contributed by atoms with van der Waals surface area (Å²) in [6.45, 7) is 7.11. The van der Waals surface area contributed by atoms with Crippen molar-refractivity contribution in [3.63, 3.8) is 0 Å². The number of aliphatic imine (C=N–C) groups is 1. The molecule has 2 N–H and O–H groups in total. The molecule has 0 atom stereocenters. The summed E-state index contributed by atoms with van der Waals surface area (Å²) in [5.74, 6) is 1.92. The van der Waals surface area contributed by atoms with Gasteiger partial charge in [-0.05, 0) is 56.0 Å². The fraction of sp³-hybridized carbons (Fsp3) is 0.417. The molecule has 168 valence electrons. The molecule has 1 aliphatic rings. The highest BCUT2D eigenvalue weighted by Crippen LogP contribution is 2.22. The first-order chi connectivity index (χ1) is 14.6. The molecule has 0 bridgehead atoms. The van der Waals surface area contributed by atoms with E-state index in [-0.39, 0.29) is 29.9 Å². The summed E-state index contributed by atoms with van der Waals surface area (Å²) in [5.41, 5.74) is 4.50. The normalized spacial score (nSPS) is 13.7. The number of carbonyl (C=O) groups excluding carboxylic acids is 1. The Morgan fingerprint density at radius 2 is 1.94 bits per heavy atom. The molecule has 0 aliphatic carbocycles. The lowest BCUT2D eigenvalue weighted by atomic mass is 10.1. The Labute approximate surface area is 202 Å². The number of methoxy groups -OCH3 is 1. The molecular weight excluding hydrogens is 503 g/mol. The van der Waals surface area contributed by atoms with E-state index in [0.29, 0.717) is 13.0 Å². The van der Waals surface area contributed by atoms with Crippen molar-refractivity contribution < 1.29 is 9.53 Å². The summed E-state index contributed by atoms with van der Waals surface area (Å²) in [6.07, 6.45) is 2.45. The van der Waals surface area contributed by atoms with E-state index in [2.05, 4.69) is 36.6 Å². The van der Waals surface area contributed by atoms with Crippen LogP contribution in [0.5, 0.6) is 5.75 Å². The van der Waals surface area contributed by atoms with Crippen molar-refractivity contribution in [2.75, 3.05) is 31.6 Å². The minimum atomic E-state index is 0. The lowest BCUT2D eigenvalue weighted by Crippen LogP contribution is -2.38. The smallest absolute Gasteiger partial charge is 0.227 e. The summed E-state index contributed by atoms with van der Waals surface area (Å²) < 4.78 is 5.47. The molecule has 0 saturated carbocycles. The molecule has 2 aromatic carbocycles. The highest BCUT2D eigenvalue weighted by molar-refractivity contribution is 14.0. The van der Waals surface area contributed by atoms with E-state index in [0.717, 1.165) is 55.4 Å². The fourth-order valence-corrected chi connectivity index (χ4v) is 3.63. The number of halogens is 1. The van der Waals surface area contributed by atoms with Crippen LogP contribution >= 0.6 is 24.0 Å². The largest absolute Gasteiger partial charge is 0.496 e. The van der Waals surface area contributed by atoms with Gasteiger partial charge < -0.3 is 20.3 Å². The number of carbonyl (C=O) groups is 1. The Balaban J connectivity index is 0.00000341. The van der Waals surface area contributed by atoms with Gasteiger partial charge in [0.05, 0.1) is 13.7 Å². The number of amides is 1. The van der Waals surface area contributed by atoms with Gasteiger partial charge in [-0.3, -0.25) is 4.79 Å². The third-order valence-electron chi connectivity index (χ3n) is 5.21. The third-order valence-corrected chi connectivity index (χ3v) is 5.21. The predicted molar refractivity (Wildman–Crippen MR) is 138 cm³/mol. The number of hydrogen-bond acceptors (Lipinski definition) is 3. The monoisotopic (exact) mass is 536 g/mol. The van der Waals surface area contributed by atoms with Crippen LogP contribution in [0.15, 0.2) is 47.5 Å². The number of anilines is 1. The molecule has 1 saturated heterocycles. The summed E-state index contributed by atoms with van der Waals surface area (Å²) in [7, 11) is 1.71. The Hall–Kier alpha value is -2.29. The van der Waals surface area contributed by atoms with Crippen LogP contribution in [0.4, 0.5) is 5.69 Å². The average molecular weight is 536 g/mol. The second kappa shape index (κ2) is 12.5. The average Bonchev–Trinajstić information content (AvgIpc) is 3.18. The number of nitrogens with zero attached hydrogens (tertiary/aromatic N) is 2. The lowest BCUT2D eigenvalue weighted by molar-refractivity contribution is -0.117. The van der Waals surface area contributed by atoms with Crippen LogP contribution in [0.1, 0.15) is 36.5 Å². The van der Waals surface area contributed by atoms with Crippen LogP contribution in [0.2, 0.25) is 0 Å². The van der Waals surface area contributed by atoms with Gasteiger partial charge in [-0.1, -0.05) is 29.8 Å². The molecule has 0 radical (unpaired) electrons. The maximum atomic E-state index is 11.9. The Kier molecular flexibility index (Phi) is 10.1. The topological polar surface area (TPSA) is 66.0 Å². The second-order valence-electron chi connectivity index (χ2n) is 7.50. The van der Waals surface area contributed by atoms with Crippen LogP contribution < -0.4 is 20.3 Å². The first kappa shape index (κ1) is 25.0. The van der Waals surface area contributed by atoms with Crippen LogP contribution in [0.25, 0.3) is 0 Å². The van der Waals surface area contributed by atoms with Gasteiger partial charge in [0.25, 0.3) is 0 Å². The molecule has 1 heterocycles. The van der Waals surface area contributed by atoms with Crippen LogP contribution in [0, 0.1) is 6.92 Å². The molecule has 1 amide bonds. The van der Waals surface area contributed by atoms with E-state index >= 15 is 0 Å². The Morgan fingerprint density at radius 1 is 1.16 bits per heavy atom. The second-order valence-corrected chi connectivity index (χ2v) is 7.50. The van der Waals surface area contributed by atoms with E-state index in [9.17, 15) is 4.79 Å². The van der Waals surface area contributed by atoms with Crippen molar-refractivity contribution in [3.8, 4) is 5.75 Å². The van der Waals surface area contributed by atoms with Crippen molar-refractivity contribution in [3.05, 3.63) is 59.2 Å². The Morgan fingerprint density at radius 3 is 2.58 bits per heavy atom. The third kappa shape index (κ3) is 7.12. The van der Waals surface area contributed by atoms with Crippen molar-refractivity contribution >= 4 is 41.5 Å². The van der Waals surface area contributed by atoms with Gasteiger partial charge in [-0.15, -0.1) is 24.0 Å². The minimum Gasteiger partial charge on any atom is -0.496 e. The number of nitrogens with one attached hydrogen (secondary N) is 2. The highest BCUT2D eigenvalue weighted by atomic mass is 127. The highest BCUT2D eigenvalue weighted by Gasteiger charge is 2.21. The van der Waals surface area contributed by atoms with Gasteiger partial charge >= 0.3 is 0 Å². The zero-order chi connectivity index (χ0) is 21.3. The van der Waals surface area contributed by atoms with Gasteiger partial charge in [0, 0.05) is 31.7 Å². The molecule has 1 aliphatic heterocycles. The van der Waals surface area contributed by atoms with Gasteiger partial charge in [-0.2, -0.15) is 0 Å². The Bertz CT molecular complexity index is 884. The minimum absolute atomic E-state index is 0. The molecule has 0 unspecified atom stereocenters. The molecular formula is C24H33IN4O2. The lowest BCUT2D eigenvalue weighted by Gasteiger charge is -2.16. The zero-order valence-electron chi connectivity index (χ0n) is 18.6. The van der Waals surface area contributed by atoms with E-state index in [1.807, 2.05) is 35.2 Å².